The van der Waals surface area contributed by atoms with Gasteiger partial charge in [0.05, 0.1) is 0 Å². The average Bonchev–Trinajstić information content (AvgIpc) is 2.04. The number of halogens is 4. The smallest absolute Gasteiger partial charge is 0.302 e. The van der Waals surface area contributed by atoms with Crippen molar-refractivity contribution in [1.82, 2.24) is 4.90 Å². The molecule has 0 saturated carbocycles. The van der Waals surface area contributed by atoms with Gasteiger partial charge in [-0.25, -0.2) is 0 Å². The SMILES string of the molecule is FC(F)(F)[C@H](Br)CN1CCCCC1. The summed E-state index contributed by atoms with van der Waals surface area (Å²) < 4.78 is 36.4. The first-order chi connectivity index (χ1) is 6.00. The van der Waals surface area contributed by atoms with E-state index in [0.717, 1.165) is 32.4 Å². The van der Waals surface area contributed by atoms with Gasteiger partial charge in [-0.15, -0.1) is 0 Å². The number of piperidine rings is 1. The molecule has 5 heteroatoms. The van der Waals surface area contributed by atoms with Gasteiger partial charge in [0.2, 0.25) is 0 Å². The lowest BCUT2D eigenvalue weighted by molar-refractivity contribution is -0.130. The van der Waals surface area contributed by atoms with Crippen LogP contribution in [-0.4, -0.2) is 35.5 Å². The van der Waals surface area contributed by atoms with Gasteiger partial charge in [0.1, 0.15) is 4.83 Å². The molecule has 78 valence electrons. The van der Waals surface area contributed by atoms with Crippen LogP contribution >= 0.6 is 15.9 Å². The molecule has 0 aromatic carbocycles. The van der Waals surface area contributed by atoms with Gasteiger partial charge in [-0.1, -0.05) is 22.4 Å². The minimum absolute atomic E-state index is 0.0868. The third-order valence-corrected chi connectivity index (χ3v) is 3.03. The predicted molar refractivity (Wildman–Crippen MR) is 49.1 cm³/mol. The molecular weight excluding hydrogens is 247 g/mol. The van der Waals surface area contributed by atoms with Gasteiger partial charge < -0.3 is 4.90 Å². The van der Waals surface area contributed by atoms with Gasteiger partial charge in [-0.3, -0.25) is 0 Å². The van der Waals surface area contributed by atoms with Gasteiger partial charge in [0, 0.05) is 6.54 Å². The molecule has 0 spiro atoms. The van der Waals surface area contributed by atoms with Crippen molar-refractivity contribution in [2.24, 2.45) is 0 Å². The summed E-state index contributed by atoms with van der Waals surface area (Å²) in [6, 6.07) is 0. The minimum atomic E-state index is -4.11. The van der Waals surface area contributed by atoms with Crippen molar-refractivity contribution in [3.63, 3.8) is 0 Å². The van der Waals surface area contributed by atoms with Gasteiger partial charge in [0.25, 0.3) is 0 Å². The molecule has 0 aromatic rings. The van der Waals surface area contributed by atoms with Crippen molar-refractivity contribution in [2.45, 2.75) is 30.3 Å². The lowest BCUT2D eigenvalue weighted by Crippen LogP contribution is -2.39. The summed E-state index contributed by atoms with van der Waals surface area (Å²) in [6.45, 7) is 1.69. The highest BCUT2D eigenvalue weighted by Gasteiger charge is 2.38. The van der Waals surface area contributed by atoms with E-state index in [9.17, 15) is 13.2 Å². The molecule has 0 aliphatic carbocycles. The Bertz CT molecular complexity index is 154. The Morgan fingerprint density at radius 1 is 1.15 bits per heavy atom. The van der Waals surface area contributed by atoms with Crippen LogP contribution in [0.5, 0.6) is 0 Å². The number of hydrogen-bond donors (Lipinski definition) is 0. The molecule has 1 aliphatic rings. The predicted octanol–water partition coefficient (Wildman–Crippen LogP) is 2.80. The zero-order chi connectivity index (χ0) is 9.90. The third-order valence-electron chi connectivity index (χ3n) is 2.22. The Labute approximate surface area is 84.4 Å². The van der Waals surface area contributed by atoms with Crippen LogP contribution in [0.3, 0.4) is 0 Å². The molecule has 0 N–H and O–H groups in total. The van der Waals surface area contributed by atoms with E-state index >= 15 is 0 Å². The first kappa shape index (κ1) is 11.3. The molecular formula is C8H13BrF3N. The van der Waals surface area contributed by atoms with E-state index in [1.807, 2.05) is 4.90 Å². The Morgan fingerprint density at radius 2 is 1.69 bits per heavy atom. The number of nitrogens with zero attached hydrogens (tertiary/aromatic N) is 1. The van der Waals surface area contributed by atoms with E-state index in [0.29, 0.717) is 0 Å². The van der Waals surface area contributed by atoms with Crippen molar-refractivity contribution in [3.05, 3.63) is 0 Å². The second-order valence-corrected chi connectivity index (χ2v) is 4.48. The first-order valence-electron chi connectivity index (χ1n) is 4.43. The fourth-order valence-electron chi connectivity index (χ4n) is 1.47. The van der Waals surface area contributed by atoms with Crippen molar-refractivity contribution in [1.29, 1.82) is 0 Å². The van der Waals surface area contributed by atoms with Crippen LogP contribution in [0.15, 0.2) is 0 Å². The zero-order valence-electron chi connectivity index (χ0n) is 7.28. The Kier molecular flexibility index (Phi) is 4.04. The number of hydrogen-bond acceptors (Lipinski definition) is 1. The molecule has 0 amide bonds. The van der Waals surface area contributed by atoms with Gasteiger partial charge >= 0.3 is 6.18 Å². The number of likely N-dealkylation sites (tertiary alicyclic amines) is 1. The molecule has 0 aromatic heterocycles. The fraction of sp³-hybridized carbons (Fsp3) is 1.00. The molecule has 1 atom stereocenters. The van der Waals surface area contributed by atoms with Gasteiger partial charge in [-0.2, -0.15) is 13.2 Å². The summed E-state index contributed by atoms with van der Waals surface area (Å²) in [5, 5.41) is 0. The highest BCUT2D eigenvalue weighted by molar-refractivity contribution is 9.09. The number of rotatable bonds is 2. The summed E-state index contributed by atoms with van der Waals surface area (Å²) >= 11 is 2.67. The van der Waals surface area contributed by atoms with Gasteiger partial charge in [0.15, 0.2) is 0 Å². The second kappa shape index (κ2) is 4.64. The lowest BCUT2D eigenvalue weighted by atomic mass is 10.1. The highest BCUT2D eigenvalue weighted by atomic mass is 79.9. The zero-order valence-corrected chi connectivity index (χ0v) is 8.87. The Morgan fingerprint density at radius 3 is 2.15 bits per heavy atom. The Balaban J connectivity index is 2.30. The fourth-order valence-corrected chi connectivity index (χ4v) is 1.88. The van der Waals surface area contributed by atoms with Crippen LogP contribution in [0.25, 0.3) is 0 Å². The van der Waals surface area contributed by atoms with Crippen LogP contribution in [0, 0.1) is 0 Å². The van der Waals surface area contributed by atoms with E-state index < -0.39 is 11.0 Å². The highest BCUT2D eigenvalue weighted by Crippen LogP contribution is 2.27. The van der Waals surface area contributed by atoms with Crippen LogP contribution < -0.4 is 0 Å². The van der Waals surface area contributed by atoms with Crippen molar-refractivity contribution in [3.8, 4) is 0 Å². The molecule has 13 heavy (non-hydrogen) atoms. The summed E-state index contributed by atoms with van der Waals surface area (Å²) in [5.41, 5.74) is 0. The second-order valence-electron chi connectivity index (χ2n) is 3.37. The third kappa shape index (κ3) is 3.85. The van der Waals surface area contributed by atoms with E-state index in [1.165, 1.54) is 0 Å². The van der Waals surface area contributed by atoms with Crippen molar-refractivity contribution < 1.29 is 13.2 Å². The molecule has 0 unspecified atom stereocenters. The van der Waals surface area contributed by atoms with Crippen molar-refractivity contribution >= 4 is 15.9 Å². The van der Waals surface area contributed by atoms with Crippen LogP contribution in [0.1, 0.15) is 19.3 Å². The topological polar surface area (TPSA) is 3.24 Å². The lowest BCUT2D eigenvalue weighted by Gasteiger charge is -2.29. The monoisotopic (exact) mass is 259 g/mol. The summed E-state index contributed by atoms with van der Waals surface area (Å²) in [4.78, 5) is 0.495. The standard InChI is InChI=1S/C8H13BrF3N/c9-7(8(10,11)12)6-13-4-2-1-3-5-13/h7H,1-6H2/t7-/m1/s1. The van der Waals surface area contributed by atoms with Gasteiger partial charge in [-0.05, 0) is 25.9 Å². The van der Waals surface area contributed by atoms with E-state index in [4.69, 9.17) is 0 Å². The number of alkyl halides is 4. The first-order valence-corrected chi connectivity index (χ1v) is 5.35. The molecule has 0 radical (unpaired) electrons. The average molecular weight is 260 g/mol. The molecule has 1 aliphatic heterocycles. The minimum Gasteiger partial charge on any atom is -0.302 e. The van der Waals surface area contributed by atoms with Crippen molar-refractivity contribution in [2.75, 3.05) is 19.6 Å². The summed E-state index contributed by atoms with van der Waals surface area (Å²) in [5.74, 6) is 0. The van der Waals surface area contributed by atoms with Crippen LogP contribution in [0.4, 0.5) is 13.2 Å². The molecule has 1 fully saturated rings. The molecule has 1 heterocycles. The normalized spacial score (nSPS) is 23.1. The maximum absolute atomic E-state index is 12.1. The van der Waals surface area contributed by atoms with Crippen LogP contribution in [0.2, 0.25) is 0 Å². The molecule has 1 nitrogen and oxygen atoms in total. The maximum atomic E-state index is 12.1. The van der Waals surface area contributed by atoms with E-state index in [1.54, 1.807) is 0 Å². The summed E-state index contributed by atoms with van der Waals surface area (Å²) in [6.07, 6.45) is -0.915. The van der Waals surface area contributed by atoms with E-state index in [2.05, 4.69) is 15.9 Å². The largest absolute Gasteiger partial charge is 0.402 e. The van der Waals surface area contributed by atoms with E-state index in [-0.39, 0.29) is 6.54 Å². The van der Waals surface area contributed by atoms with Crippen LogP contribution in [-0.2, 0) is 0 Å². The maximum Gasteiger partial charge on any atom is 0.402 e. The summed E-state index contributed by atoms with van der Waals surface area (Å²) in [7, 11) is 0. The molecule has 1 saturated heterocycles. The molecule has 1 rings (SSSR count). The Hall–Kier alpha value is 0.230. The molecule has 0 bridgehead atoms. The quantitative estimate of drug-likeness (QED) is 0.690.